The van der Waals surface area contributed by atoms with Gasteiger partial charge in [-0.3, -0.25) is 4.99 Å². The number of aliphatic imine (C=N–C) groups is 1. The monoisotopic (exact) mass is 296 g/mol. The number of hydrogen-bond donors (Lipinski definition) is 1. The molecular formula is C19H29BN2. The second-order valence-electron chi connectivity index (χ2n) is 7.11. The molecule has 3 unspecified atom stereocenters. The average Bonchev–Trinajstić information content (AvgIpc) is 3.00. The van der Waals surface area contributed by atoms with E-state index in [9.17, 15) is 0 Å². The summed E-state index contributed by atoms with van der Waals surface area (Å²) in [6, 6.07) is 10.4. The van der Waals surface area contributed by atoms with E-state index < -0.39 is 0 Å². The second kappa shape index (κ2) is 6.72. The first kappa shape index (κ1) is 16.9. The maximum absolute atomic E-state index is 4.38. The maximum atomic E-state index is 4.38. The topological polar surface area (TPSA) is 24.4 Å². The highest BCUT2D eigenvalue weighted by atomic mass is 15.0. The Morgan fingerprint density at radius 2 is 2.00 bits per heavy atom. The van der Waals surface area contributed by atoms with Crippen molar-refractivity contribution in [2.24, 2.45) is 10.9 Å². The van der Waals surface area contributed by atoms with Crippen LogP contribution in [0.2, 0.25) is 18.0 Å². The van der Waals surface area contributed by atoms with Crippen LogP contribution in [0.25, 0.3) is 0 Å². The van der Waals surface area contributed by atoms with E-state index >= 15 is 0 Å². The number of allylic oxidation sites excluding steroid dienone is 1. The lowest BCUT2D eigenvalue weighted by molar-refractivity contribution is 0.450. The Bertz CT molecular complexity index is 542. The van der Waals surface area contributed by atoms with Gasteiger partial charge < -0.3 is 5.32 Å². The SMILES string of the molecule is C=C(CC(C)C1(C)B(C)C1C)NC(Cc1ccccc1)=NC. The Labute approximate surface area is 136 Å². The molecule has 0 saturated carbocycles. The molecule has 3 heteroatoms. The lowest BCUT2D eigenvalue weighted by Gasteiger charge is -2.23. The van der Waals surface area contributed by atoms with E-state index in [1.165, 1.54) is 5.56 Å². The van der Waals surface area contributed by atoms with Crippen molar-refractivity contribution in [3.05, 3.63) is 48.2 Å². The zero-order chi connectivity index (χ0) is 16.3. The molecule has 1 N–H and O–H groups in total. The lowest BCUT2D eigenvalue weighted by Crippen LogP contribution is -2.26. The summed E-state index contributed by atoms with van der Waals surface area (Å²) in [6.07, 6.45) is 1.84. The van der Waals surface area contributed by atoms with E-state index in [4.69, 9.17) is 0 Å². The number of hydrogen-bond acceptors (Lipinski definition) is 1. The third-order valence-electron chi connectivity index (χ3n) is 6.02. The fourth-order valence-electron chi connectivity index (χ4n) is 3.73. The molecule has 1 aliphatic rings. The fraction of sp³-hybridized carbons (Fsp3) is 0.526. The quantitative estimate of drug-likeness (QED) is 0.460. The first-order valence-corrected chi connectivity index (χ1v) is 8.34. The number of benzene rings is 1. The fourth-order valence-corrected chi connectivity index (χ4v) is 3.73. The molecule has 22 heavy (non-hydrogen) atoms. The zero-order valence-corrected chi connectivity index (χ0v) is 14.7. The van der Waals surface area contributed by atoms with Gasteiger partial charge in [-0.1, -0.05) is 75.6 Å². The predicted octanol–water partition coefficient (Wildman–Crippen LogP) is 4.68. The Morgan fingerprint density at radius 3 is 2.50 bits per heavy atom. The van der Waals surface area contributed by atoms with Crippen LogP contribution in [0.15, 0.2) is 47.6 Å². The summed E-state index contributed by atoms with van der Waals surface area (Å²) in [5.41, 5.74) is 2.35. The third-order valence-corrected chi connectivity index (χ3v) is 6.02. The van der Waals surface area contributed by atoms with Gasteiger partial charge in [0.15, 0.2) is 0 Å². The molecule has 2 nitrogen and oxygen atoms in total. The highest BCUT2D eigenvalue weighted by Gasteiger charge is 2.60. The normalized spacial score (nSPS) is 25.8. The van der Waals surface area contributed by atoms with E-state index in [-0.39, 0.29) is 0 Å². The average molecular weight is 296 g/mol. The Hall–Kier alpha value is -1.51. The van der Waals surface area contributed by atoms with Gasteiger partial charge in [0.1, 0.15) is 12.5 Å². The summed E-state index contributed by atoms with van der Waals surface area (Å²) in [5, 5.41) is 3.90. The van der Waals surface area contributed by atoms with Crippen LogP contribution in [0.1, 0.15) is 32.8 Å². The molecule has 2 rings (SSSR count). The van der Waals surface area contributed by atoms with Crippen LogP contribution in [0.3, 0.4) is 0 Å². The largest absolute Gasteiger partial charge is 0.348 e. The van der Waals surface area contributed by atoms with Crippen LogP contribution in [-0.4, -0.2) is 19.6 Å². The first-order chi connectivity index (χ1) is 10.4. The molecule has 1 saturated heterocycles. The molecule has 0 aromatic heterocycles. The highest BCUT2D eigenvalue weighted by Crippen LogP contribution is 2.68. The molecule has 1 heterocycles. The van der Waals surface area contributed by atoms with Gasteiger partial charge in [0, 0.05) is 19.2 Å². The molecule has 0 aliphatic carbocycles. The van der Waals surface area contributed by atoms with E-state index in [1.807, 2.05) is 13.1 Å². The van der Waals surface area contributed by atoms with Gasteiger partial charge in [-0.15, -0.1) is 0 Å². The zero-order valence-electron chi connectivity index (χ0n) is 14.7. The molecule has 0 bridgehead atoms. The Morgan fingerprint density at radius 1 is 1.41 bits per heavy atom. The summed E-state index contributed by atoms with van der Waals surface area (Å²) >= 11 is 0. The maximum Gasteiger partial charge on any atom is 0.145 e. The minimum atomic E-state index is 0.466. The lowest BCUT2D eigenvalue weighted by atomic mass is 9.60. The van der Waals surface area contributed by atoms with Gasteiger partial charge >= 0.3 is 0 Å². The summed E-state index contributed by atoms with van der Waals surface area (Å²) in [4.78, 5) is 4.38. The molecule has 1 aliphatic heterocycles. The van der Waals surface area contributed by atoms with Crippen molar-refractivity contribution in [2.45, 2.75) is 51.6 Å². The second-order valence-corrected chi connectivity index (χ2v) is 7.11. The van der Waals surface area contributed by atoms with Crippen molar-refractivity contribution < 1.29 is 0 Å². The van der Waals surface area contributed by atoms with Gasteiger partial charge in [0.2, 0.25) is 0 Å². The molecule has 1 aromatic carbocycles. The molecule has 0 spiro atoms. The van der Waals surface area contributed by atoms with Crippen molar-refractivity contribution in [1.29, 1.82) is 0 Å². The molecule has 1 aromatic rings. The molecule has 118 valence electrons. The van der Waals surface area contributed by atoms with Crippen LogP contribution in [0.4, 0.5) is 0 Å². The molecule has 3 atom stereocenters. The Kier molecular flexibility index (Phi) is 5.15. The van der Waals surface area contributed by atoms with Crippen molar-refractivity contribution in [2.75, 3.05) is 7.05 Å². The van der Waals surface area contributed by atoms with Crippen LogP contribution < -0.4 is 5.32 Å². The van der Waals surface area contributed by atoms with Gasteiger partial charge in [0.05, 0.1) is 0 Å². The number of nitrogens with zero attached hydrogens (tertiary/aromatic N) is 1. The Balaban J connectivity index is 1.88. The summed E-state index contributed by atoms with van der Waals surface area (Å²) in [7, 11) is 1.84. The van der Waals surface area contributed by atoms with Gasteiger partial charge in [-0.2, -0.15) is 0 Å². The van der Waals surface area contributed by atoms with Crippen LogP contribution in [-0.2, 0) is 6.42 Å². The van der Waals surface area contributed by atoms with Crippen molar-refractivity contribution in [1.82, 2.24) is 5.32 Å². The first-order valence-electron chi connectivity index (χ1n) is 8.34. The van der Waals surface area contributed by atoms with Gasteiger partial charge in [-0.25, -0.2) is 0 Å². The minimum Gasteiger partial charge on any atom is -0.348 e. The standard InChI is InChI=1S/C19H29BN2/c1-14(19(4)16(3)20(19)5)12-15(2)22-18(21-6)13-17-10-8-7-9-11-17/h7-11,14,16H,2,12-13H2,1,3-6H3,(H,21,22). The number of nitrogens with one attached hydrogen (secondary N) is 1. The summed E-state index contributed by atoms with van der Waals surface area (Å²) < 4.78 is 0. The minimum absolute atomic E-state index is 0.466. The van der Waals surface area contributed by atoms with Crippen LogP contribution in [0, 0.1) is 5.92 Å². The predicted molar refractivity (Wildman–Crippen MR) is 99.0 cm³/mol. The van der Waals surface area contributed by atoms with Gasteiger partial charge in [-0.05, 0) is 17.9 Å². The number of amidine groups is 1. The van der Waals surface area contributed by atoms with Crippen LogP contribution >= 0.6 is 0 Å². The van der Waals surface area contributed by atoms with E-state index in [0.29, 0.717) is 11.2 Å². The molecule has 0 amide bonds. The van der Waals surface area contributed by atoms with Gasteiger partial charge in [0.25, 0.3) is 0 Å². The van der Waals surface area contributed by atoms with E-state index in [2.05, 4.69) is 68.7 Å². The smallest absolute Gasteiger partial charge is 0.145 e. The van der Waals surface area contributed by atoms with Crippen molar-refractivity contribution >= 4 is 12.5 Å². The van der Waals surface area contributed by atoms with Crippen molar-refractivity contribution in [3.63, 3.8) is 0 Å². The van der Waals surface area contributed by atoms with E-state index in [0.717, 1.165) is 36.9 Å². The molecular weight excluding hydrogens is 267 g/mol. The highest BCUT2D eigenvalue weighted by molar-refractivity contribution is 6.75. The number of rotatable bonds is 6. The van der Waals surface area contributed by atoms with Crippen LogP contribution in [0.5, 0.6) is 0 Å². The summed E-state index contributed by atoms with van der Waals surface area (Å²) in [6.45, 7) is 14.5. The van der Waals surface area contributed by atoms with E-state index in [1.54, 1.807) is 0 Å². The molecule has 1 fully saturated rings. The molecule has 0 radical (unpaired) electrons. The third kappa shape index (κ3) is 3.45. The van der Waals surface area contributed by atoms with Crippen molar-refractivity contribution in [3.8, 4) is 0 Å². The summed E-state index contributed by atoms with van der Waals surface area (Å²) in [5.74, 6) is 2.46.